The molecule has 0 radical (unpaired) electrons. The van der Waals surface area contributed by atoms with Gasteiger partial charge in [-0.3, -0.25) is 0 Å². The Morgan fingerprint density at radius 1 is 1.15 bits per heavy atom. The number of aromatic nitrogens is 4. The van der Waals surface area contributed by atoms with Crippen LogP contribution in [-0.2, 0) is 6.18 Å². The number of halogens is 4. The monoisotopic (exact) mass is 382 g/mol. The molecule has 0 aliphatic rings. The van der Waals surface area contributed by atoms with E-state index in [1.165, 1.54) is 17.9 Å². The molecule has 0 aliphatic heterocycles. The molecule has 0 atom stereocenters. The van der Waals surface area contributed by atoms with Gasteiger partial charge in [0, 0.05) is 17.6 Å². The van der Waals surface area contributed by atoms with Crippen LogP contribution in [0.25, 0.3) is 16.9 Å². The summed E-state index contributed by atoms with van der Waals surface area (Å²) in [5.74, 6) is -0.658. The first kappa shape index (κ1) is 18.0. The maximum Gasteiger partial charge on any atom is 0.422 e. The van der Waals surface area contributed by atoms with Crippen LogP contribution < -0.4 is 11.1 Å². The average Bonchev–Trinajstić information content (AvgIpc) is 2.95. The highest BCUT2D eigenvalue weighted by Crippen LogP contribution is 2.41. The molecule has 1 aromatic carbocycles. The van der Waals surface area contributed by atoms with Crippen molar-refractivity contribution in [1.29, 1.82) is 0 Å². The molecule has 10 heteroatoms. The molecule has 3 rings (SSSR count). The summed E-state index contributed by atoms with van der Waals surface area (Å²) in [5.41, 5.74) is 5.61. The van der Waals surface area contributed by atoms with E-state index in [2.05, 4.69) is 20.4 Å². The van der Waals surface area contributed by atoms with E-state index in [9.17, 15) is 13.2 Å². The molecule has 2 heterocycles. The molecule has 3 N–H and O–H groups in total. The van der Waals surface area contributed by atoms with Crippen LogP contribution in [-0.4, -0.2) is 26.8 Å². The second-order valence-electron chi connectivity index (χ2n) is 5.43. The molecule has 0 aliphatic carbocycles. The van der Waals surface area contributed by atoms with Gasteiger partial charge in [-0.25, -0.2) is 9.67 Å². The molecule has 2 aromatic heterocycles. The van der Waals surface area contributed by atoms with E-state index in [1.807, 2.05) is 0 Å². The third-order valence-electron chi connectivity index (χ3n) is 3.78. The maximum atomic E-state index is 13.6. The first-order valence-electron chi connectivity index (χ1n) is 7.45. The van der Waals surface area contributed by atoms with Gasteiger partial charge in [0.05, 0.1) is 23.3 Å². The Morgan fingerprint density at radius 3 is 2.38 bits per heavy atom. The van der Waals surface area contributed by atoms with Crippen molar-refractivity contribution in [2.75, 3.05) is 18.1 Å². The summed E-state index contributed by atoms with van der Waals surface area (Å²) in [7, 11) is 1.34. The van der Waals surface area contributed by atoms with Crippen LogP contribution in [0.2, 0.25) is 5.02 Å². The molecule has 26 heavy (non-hydrogen) atoms. The largest absolute Gasteiger partial charge is 0.422 e. The van der Waals surface area contributed by atoms with Crippen molar-refractivity contribution in [1.82, 2.24) is 19.7 Å². The van der Waals surface area contributed by atoms with Gasteiger partial charge in [0.1, 0.15) is 11.4 Å². The zero-order valence-electron chi connectivity index (χ0n) is 13.8. The van der Waals surface area contributed by atoms with Crippen molar-refractivity contribution >= 4 is 23.4 Å². The summed E-state index contributed by atoms with van der Waals surface area (Å²) in [5, 5.41) is 7.15. The molecule has 0 saturated heterocycles. The minimum Gasteiger partial charge on any atom is -0.372 e. The van der Waals surface area contributed by atoms with Crippen LogP contribution in [0.4, 0.5) is 24.9 Å². The summed E-state index contributed by atoms with van der Waals surface area (Å²) in [6.45, 7) is 1.65. The number of nitrogens with zero attached hydrogens (tertiary/aromatic N) is 4. The lowest BCUT2D eigenvalue weighted by Crippen LogP contribution is -2.15. The summed E-state index contributed by atoms with van der Waals surface area (Å²) >= 11 is 5.87. The van der Waals surface area contributed by atoms with Gasteiger partial charge in [0.15, 0.2) is 0 Å². The van der Waals surface area contributed by atoms with Crippen LogP contribution in [0.3, 0.4) is 0 Å². The Morgan fingerprint density at radius 2 is 1.81 bits per heavy atom. The lowest BCUT2D eigenvalue weighted by molar-refractivity contribution is -0.136. The lowest BCUT2D eigenvalue weighted by Gasteiger charge is -2.16. The van der Waals surface area contributed by atoms with Crippen molar-refractivity contribution < 1.29 is 13.2 Å². The molecule has 136 valence electrons. The lowest BCUT2D eigenvalue weighted by atomic mass is 10.1. The number of hydrogen-bond donors (Lipinski definition) is 2. The van der Waals surface area contributed by atoms with Gasteiger partial charge < -0.3 is 11.1 Å². The molecule has 0 amide bonds. The Hall–Kier alpha value is -2.81. The second kappa shape index (κ2) is 6.49. The molecule has 0 unspecified atom stereocenters. The topological polar surface area (TPSA) is 81.7 Å². The standard InChI is InChI=1S/C16H14ClF3N6/c1-8-11(7-23-26(8)10-5-3-9(17)4-6-10)13-12(16(18,19)20)14(22-2)25-15(21)24-13/h3-7H,1-2H3,(H3,21,22,24,25). The average molecular weight is 383 g/mol. The van der Waals surface area contributed by atoms with Gasteiger partial charge in [-0.2, -0.15) is 23.3 Å². The number of nitrogens with two attached hydrogens (primary N) is 1. The minimum atomic E-state index is -4.67. The van der Waals surface area contributed by atoms with Crippen molar-refractivity contribution in [3.8, 4) is 16.9 Å². The number of alkyl halides is 3. The molecule has 0 bridgehead atoms. The summed E-state index contributed by atoms with van der Waals surface area (Å²) in [6.07, 6.45) is -3.35. The van der Waals surface area contributed by atoms with Gasteiger partial charge >= 0.3 is 6.18 Å². The minimum absolute atomic E-state index is 0.206. The van der Waals surface area contributed by atoms with Gasteiger partial charge in [0.25, 0.3) is 0 Å². The SMILES string of the molecule is CNc1nc(N)nc(-c2cnn(-c3ccc(Cl)cc3)c2C)c1C(F)(F)F. The molecule has 6 nitrogen and oxygen atoms in total. The fourth-order valence-corrected chi connectivity index (χ4v) is 2.73. The number of benzene rings is 1. The van der Waals surface area contributed by atoms with Crippen LogP contribution in [0.15, 0.2) is 30.5 Å². The molecular weight excluding hydrogens is 369 g/mol. The molecule has 0 fully saturated rings. The Kier molecular flexibility index (Phi) is 4.49. The third kappa shape index (κ3) is 3.17. The zero-order chi connectivity index (χ0) is 19.1. The van der Waals surface area contributed by atoms with Gasteiger partial charge in [-0.05, 0) is 31.2 Å². The highest BCUT2D eigenvalue weighted by Gasteiger charge is 2.39. The maximum absolute atomic E-state index is 13.6. The highest BCUT2D eigenvalue weighted by atomic mass is 35.5. The van der Waals surface area contributed by atoms with Crippen LogP contribution in [0.1, 0.15) is 11.3 Å². The first-order chi connectivity index (χ1) is 12.2. The number of nitrogens with one attached hydrogen (secondary N) is 1. The quantitative estimate of drug-likeness (QED) is 0.717. The van der Waals surface area contributed by atoms with Crippen LogP contribution in [0.5, 0.6) is 0 Å². The number of nitrogen functional groups attached to an aromatic ring is 1. The third-order valence-corrected chi connectivity index (χ3v) is 4.03. The van der Waals surface area contributed by atoms with E-state index in [0.717, 1.165) is 0 Å². The Bertz CT molecular complexity index is 950. The van der Waals surface area contributed by atoms with E-state index in [1.54, 1.807) is 31.2 Å². The van der Waals surface area contributed by atoms with Crippen molar-refractivity contribution in [3.63, 3.8) is 0 Å². The molecular formula is C16H14ClF3N6. The summed E-state index contributed by atoms with van der Waals surface area (Å²) in [4.78, 5) is 7.47. The smallest absolute Gasteiger partial charge is 0.372 e. The van der Waals surface area contributed by atoms with Crippen molar-refractivity contribution in [2.45, 2.75) is 13.1 Å². The molecule has 0 spiro atoms. The Labute approximate surface area is 151 Å². The number of hydrogen-bond acceptors (Lipinski definition) is 5. The zero-order valence-corrected chi connectivity index (χ0v) is 14.5. The number of rotatable bonds is 3. The fraction of sp³-hybridized carbons (Fsp3) is 0.188. The van der Waals surface area contributed by atoms with E-state index < -0.39 is 17.6 Å². The van der Waals surface area contributed by atoms with E-state index in [0.29, 0.717) is 16.4 Å². The van der Waals surface area contributed by atoms with Crippen molar-refractivity contribution in [2.24, 2.45) is 0 Å². The van der Waals surface area contributed by atoms with E-state index >= 15 is 0 Å². The highest BCUT2D eigenvalue weighted by molar-refractivity contribution is 6.30. The van der Waals surface area contributed by atoms with Crippen LogP contribution >= 0.6 is 11.6 Å². The van der Waals surface area contributed by atoms with Gasteiger partial charge in [-0.1, -0.05) is 11.6 Å². The van der Waals surface area contributed by atoms with E-state index in [4.69, 9.17) is 17.3 Å². The van der Waals surface area contributed by atoms with E-state index in [-0.39, 0.29) is 17.2 Å². The fourth-order valence-electron chi connectivity index (χ4n) is 2.61. The molecule has 3 aromatic rings. The summed E-state index contributed by atoms with van der Waals surface area (Å²) in [6, 6.07) is 6.76. The van der Waals surface area contributed by atoms with Gasteiger partial charge in [0.2, 0.25) is 5.95 Å². The number of anilines is 2. The predicted molar refractivity (Wildman–Crippen MR) is 93.3 cm³/mol. The van der Waals surface area contributed by atoms with Crippen LogP contribution in [0, 0.1) is 6.92 Å². The Balaban J connectivity index is 2.22. The predicted octanol–water partition coefficient (Wildman–Crippen LogP) is 3.93. The normalized spacial score (nSPS) is 11.6. The second-order valence-corrected chi connectivity index (χ2v) is 5.87. The van der Waals surface area contributed by atoms with Crippen molar-refractivity contribution in [3.05, 3.63) is 46.7 Å². The summed E-state index contributed by atoms with van der Waals surface area (Å²) < 4.78 is 42.4. The van der Waals surface area contributed by atoms with Gasteiger partial charge in [-0.15, -0.1) is 0 Å². The first-order valence-corrected chi connectivity index (χ1v) is 7.83. The molecule has 0 saturated carbocycles.